The average molecular weight is 482 g/mol. The highest BCUT2D eigenvalue weighted by atomic mass is 16.4. The highest BCUT2D eigenvalue weighted by Gasteiger charge is 2.39. The van der Waals surface area contributed by atoms with Gasteiger partial charge in [0.15, 0.2) is 5.82 Å². The van der Waals surface area contributed by atoms with Gasteiger partial charge in [-0.3, -0.25) is 24.0 Å². The minimum Gasteiger partial charge on any atom is -0.481 e. The van der Waals surface area contributed by atoms with Gasteiger partial charge >= 0.3 is 5.97 Å². The third kappa shape index (κ3) is 7.75. The molecule has 0 unspecified atom stereocenters. The molecule has 4 amide bonds. The van der Waals surface area contributed by atoms with E-state index in [0.29, 0.717) is 6.42 Å². The summed E-state index contributed by atoms with van der Waals surface area (Å²) < 4.78 is 0. The molecule has 1 saturated heterocycles. The Hall–Kier alpha value is -3.62. The summed E-state index contributed by atoms with van der Waals surface area (Å²) in [6.45, 7) is 3.03. The number of nitrogens with one attached hydrogen (secondary N) is 4. The van der Waals surface area contributed by atoms with Gasteiger partial charge in [-0.05, 0) is 5.92 Å². The first-order valence-electron chi connectivity index (χ1n) is 10.9. The Morgan fingerprint density at radius 2 is 1.94 bits per heavy atom. The second-order valence-corrected chi connectivity index (χ2v) is 8.04. The smallest absolute Gasteiger partial charge is 0.303 e. The van der Waals surface area contributed by atoms with Crippen LogP contribution in [0.3, 0.4) is 0 Å². The van der Waals surface area contributed by atoms with Crippen LogP contribution in [0.15, 0.2) is 0 Å². The predicted molar refractivity (Wildman–Crippen MR) is 113 cm³/mol. The molecule has 2 heterocycles. The fourth-order valence-corrected chi connectivity index (χ4v) is 3.42. The molecule has 188 valence electrons. The lowest BCUT2D eigenvalue weighted by Crippen LogP contribution is -2.53. The number of aromatic nitrogens is 4. The highest BCUT2D eigenvalue weighted by Crippen LogP contribution is 2.18. The van der Waals surface area contributed by atoms with Crippen LogP contribution in [0.2, 0.25) is 0 Å². The lowest BCUT2D eigenvalue weighted by molar-refractivity contribution is -0.140. The van der Waals surface area contributed by atoms with E-state index in [1.165, 1.54) is 4.90 Å². The summed E-state index contributed by atoms with van der Waals surface area (Å²) in [4.78, 5) is 61.8. The number of likely N-dealkylation sites (tertiary alicyclic amines) is 1. The Kier molecular flexibility index (Phi) is 9.85. The van der Waals surface area contributed by atoms with Crippen molar-refractivity contribution in [3.63, 3.8) is 0 Å². The zero-order valence-corrected chi connectivity index (χ0v) is 19.0. The molecule has 6 N–H and O–H groups in total. The van der Waals surface area contributed by atoms with Crippen LogP contribution in [-0.4, -0.2) is 96.6 Å². The number of hydrogen-bond acceptors (Lipinski definition) is 9. The number of aliphatic carboxylic acids is 1. The summed E-state index contributed by atoms with van der Waals surface area (Å²) in [6.07, 6.45) is -0.964. The van der Waals surface area contributed by atoms with Crippen molar-refractivity contribution < 1.29 is 34.2 Å². The van der Waals surface area contributed by atoms with Crippen LogP contribution in [-0.2, 0) is 30.5 Å². The number of H-pyrrole nitrogens is 1. The van der Waals surface area contributed by atoms with Gasteiger partial charge in [-0.25, -0.2) is 0 Å². The van der Waals surface area contributed by atoms with Crippen molar-refractivity contribution >= 4 is 29.6 Å². The predicted octanol–water partition coefficient (Wildman–Crippen LogP) is -2.71. The van der Waals surface area contributed by atoms with Crippen LogP contribution in [0.4, 0.5) is 0 Å². The lowest BCUT2D eigenvalue weighted by Gasteiger charge is -2.26. The van der Waals surface area contributed by atoms with Gasteiger partial charge in [0.1, 0.15) is 12.1 Å². The molecule has 1 aliphatic heterocycles. The fraction of sp³-hybridized carbons (Fsp3) is 0.684. The molecule has 0 aromatic carbocycles. The van der Waals surface area contributed by atoms with E-state index in [4.69, 9.17) is 5.11 Å². The zero-order chi connectivity index (χ0) is 25.3. The first-order chi connectivity index (χ1) is 16.1. The van der Waals surface area contributed by atoms with Crippen LogP contribution >= 0.6 is 0 Å². The third-order valence-corrected chi connectivity index (χ3v) is 5.50. The molecule has 0 bridgehead atoms. The molecular weight excluding hydrogens is 452 g/mol. The number of tetrazole rings is 1. The number of carboxylic acids is 1. The van der Waals surface area contributed by atoms with Gasteiger partial charge in [-0.15, -0.1) is 10.2 Å². The fourth-order valence-electron chi connectivity index (χ4n) is 3.42. The largest absolute Gasteiger partial charge is 0.481 e. The van der Waals surface area contributed by atoms with Crippen molar-refractivity contribution in [2.75, 3.05) is 13.1 Å². The molecule has 1 aromatic heterocycles. The standard InChI is InChI=1S/C19H30N8O7/c1-3-10(2)17(22-14(29)4-5-16(31)32)19(34)21-8-15(30)27-9-11(28)6-12(27)18(33)20-7-13-23-25-26-24-13/h10-12,17,28H,3-9H2,1-2H3,(H,20,33)(H,21,34)(H,22,29)(H,31,32)(H,23,24,25,26)/t10-,11+,12-,17-/m0/s1. The van der Waals surface area contributed by atoms with E-state index in [1.807, 2.05) is 6.92 Å². The first-order valence-corrected chi connectivity index (χ1v) is 10.9. The van der Waals surface area contributed by atoms with Gasteiger partial charge in [0, 0.05) is 19.4 Å². The molecule has 1 aromatic rings. The summed E-state index contributed by atoms with van der Waals surface area (Å²) in [5.41, 5.74) is 0. The van der Waals surface area contributed by atoms with Crippen molar-refractivity contribution in [2.45, 2.75) is 64.3 Å². The number of amides is 4. The molecule has 2 rings (SSSR count). The minimum atomic E-state index is -1.13. The summed E-state index contributed by atoms with van der Waals surface area (Å²) in [5.74, 6) is -3.44. The van der Waals surface area contributed by atoms with Crippen molar-refractivity contribution in [1.82, 2.24) is 41.5 Å². The number of aliphatic hydroxyl groups excluding tert-OH is 1. The number of aromatic amines is 1. The maximum atomic E-state index is 12.7. The highest BCUT2D eigenvalue weighted by molar-refractivity contribution is 5.93. The maximum Gasteiger partial charge on any atom is 0.303 e. The number of carbonyl (C=O) groups excluding carboxylic acids is 4. The lowest BCUT2D eigenvalue weighted by atomic mass is 9.98. The molecule has 0 saturated carbocycles. The van der Waals surface area contributed by atoms with E-state index in [-0.39, 0.29) is 44.1 Å². The Morgan fingerprint density at radius 1 is 1.21 bits per heavy atom. The monoisotopic (exact) mass is 482 g/mol. The molecule has 15 nitrogen and oxygen atoms in total. The van der Waals surface area contributed by atoms with Gasteiger partial charge in [0.2, 0.25) is 23.6 Å². The van der Waals surface area contributed by atoms with E-state index in [1.54, 1.807) is 6.92 Å². The van der Waals surface area contributed by atoms with E-state index < -0.39 is 54.3 Å². The zero-order valence-electron chi connectivity index (χ0n) is 19.0. The average Bonchev–Trinajstić information content (AvgIpc) is 3.46. The van der Waals surface area contributed by atoms with E-state index in [2.05, 4.69) is 36.6 Å². The third-order valence-electron chi connectivity index (χ3n) is 5.50. The normalized spacial score (nSPS) is 19.2. The topological polar surface area (TPSA) is 220 Å². The first kappa shape index (κ1) is 26.6. The van der Waals surface area contributed by atoms with Crippen molar-refractivity contribution in [1.29, 1.82) is 0 Å². The summed E-state index contributed by atoms with van der Waals surface area (Å²) >= 11 is 0. The van der Waals surface area contributed by atoms with E-state index >= 15 is 0 Å². The molecular formula is C19H30N8O7. The van der Waals surface area contributed by atoms with Gasteiger partial charge in [0.25, 0.3) is 0 Å². The van der Waals surface area contributed by atoms with Crippen LogP contribution in [0.1, 0.15) is 45.4 Å². The molecule has 4 atom stereocenters. The van der Waals surface area contributed by atoms with Crippen LogP contribution in [0.25, 0.3) is 0 Å². The van der Waals surface area contributed by atoms with Gasteiger partial charge in [0.05, 0.1) is 25.6 Å². The Balaban J connectivity index is 1.93. The number of carbonyl (C=O) groups is 5. The van der Waals surface area contributed by atoms with Crippen LogP contribution in [0.5, 0.6) is 0 Å². The second-order valence-electron chi connectivity index (χ2n) is 8.04. The molecule has 1 fully saturated rings. The van der Waals surface area contributed by atoms with Gasteiger partial charge in [-0.2, -0.15) is 5.21 Å². The van der Waals surface area contributed by atoms with Crippen molar-refractivity contribution in [3.8, 4) is 0 Å². The number of hydrogen-bond donors (Lipinski definition) is 6. The quantitative estimate of drug-likeness (QED) is 0.181. The molecule has 0 spiro atoms. The molecule has 0 radical (unpaired) electrons. The molecule has 15 heteroatoms. The number of nitrogens with zero attached hydrogens (tertiary/aromatic N) is 4. The van der Waals surface area contributed by atoms with E-state index in [0.717, 1.165) is 0 Å². The SMILES string of the molecule is CC[C@H](C)[C@H](NC(=O)CCC(=O)O)C(=O)NCC(=O)N1C[C@H](O)C[C@H]1C(=O)NCc1nn[nH]n1. The van der Waals surface area contributed by atoms with Crippen LogP contribution < -0.4 is 16.0 Å². The minimum absolute atomic E-state index is 0.0150. The van der Waals surface area contributed by atoms with Crippen molar-refractivity contribution in [3.05, 3.63) is 5.82 Å². The number of carboxylic acid groups (broad SMARTS) is 1. The van der Waals surface area contributed by atoms with E-state index in [9.17, 15) is 29.1 Å². The van der Waals surface area contributed by atoms with Crippen molar-refractivity contribution in [2.24, 2.45) is 5.92 Å². The summed E-state index contributed by atoms with van der Waals surface area (Å²) in [5, 5.41) is 39.3. The number of aliphatic hydroxyl groups is 1. The van der Waals surface area contributed by atoms with Gasteiger partial charge < -0.3 is 31.1 Å². The summed E-state index contributed by atoms with van der Waals surface area (Å²) in [6, 6.07) is -1.90. The van der Waals surface area contributed by atoms with Crippen LogP contribution in [0, 0.1) is 5.92 Å². The van der Waals surface area contributed by atoms with Gasteiger partial charge in [-0.1, -0.05) is 25.5 Å². The molecule has 0 aliphatic carbocycles. The number of β-amino-alcohol motifs (C(OH)–C–C–N with tert-alkyl or cyclic N) is 1. The summed E-state index contributed by atoms with van der Waals surface area (Å²) in [7, 11) is 0. The Morgan fingerprint density at radius 3 is 2.56 bits per heavy atom. The number of rotatable bonds is 12. The second kappa shape index (κ2) is 12.6. The molecule has 34 heavy (non-hydrogen) atoms. The Labute approximate surface area is 195 Å². The maximum absolute atomic E-state index is 12.7. The molecule has 1 aliphatic rings. The Bertz CT molecular complexity index is 878.